The molecule has 1 N–H and O–H groups in total. The van der Waals surface area contributed by atoms with E-state index in [2.05, 4.69) is 21.8 Å². The number of imidazole rings is 1. The number of aldehydes is 1. The first kappa shape index (κ1) is 22.6. The average Bonchev–Trinajstić information content (AvgIpc) is 3.22. The third-order valence-electron chi connectivity index (χ3n) is 5.17. The first-order valence-electron chi connectivity index (χ1n) is 10.6. The Morgan fingerprint density at radius 2 is 1.93 bits per heavy atom. The normalized spacial score (nSPS) is 11.1. The molecule has 0 saturated carbocycles. The molecule has 29 heavy (non-hydrogen) atoms. The standard InChI is InChI=1S/C24H33N3O2/c1-4-22(29)10-8-6-7-9-11-24-25-17-23(26-24)20-12-13-21(18-28)19(16-20)14-15-27(3)5-2/h12-18H,4-11H2,1-3H3,(H,25,26)/b15-14-. The van der Waals surface area contributed by atoms with E-state index in [0.717, 1.165) is 67.6 Å². The Morgan fingerprint density at radius 1 is 1.14 bits per heavy atom. The number of aryl methyl sites for hydroxylation is 1. The largest absolute Gasteiger partial charge is 0.381 e. The van der Waals surface area contributed by atoms with Gasteiger partial charge in [0.25, 0.3) is 0 Å². The van der Waals surface area contributed by atoms with Gasteiger partial charge in [-0.25, -0.2) is 4.98 Å². The molecule has 1 aromatic heterocycles. The summed E-state index contributed by atoms with van der Waals surface area (Å²) >= 11 is 0. The number of H-pyrrole nitrogens is 1. The summed E-state index contributed by atoms with van der Waals surface area (Å²) in [7, 11) is 2.00. The highest BCUT2D eigenvalue weighted by molar-refractivity contribution is 5.84. The van der Waals surface area contributed by atoms with Gasteiger partial charge < -0.3 is 9.88 Å². The molecule has 1 heterocycles. The zero-order valence-electron chi connectivity index (χ0n) is 17.9. The molecule has 0 saturated heterocycles. The van der Waals surface area contributed by atoms with E-state index in [9.17, 15) is 9.59 Å². The van der Waals surface area contributed by atoms with Crippen molar-refractivity contribution >= 4 is 18.1 Å². The Kier molecular flexibility index (Phi) is 9.35. The molecule has 0 aliphatic heterocycles. The van der Waals surface area contributed by atoms with Crippen molar-refractivity contribution in [1.82, 2.24) is 14.9 Å². The zero-order valence-corrected chi connectivity index (χ0v) is 17.9. The van der Waals surface area contributed by atoms with Crippen LogP contribution < -0.4 is 0 Å². The third-order valence-corrected chi connectivity index (χ3v) is 5.17. The molecule has 156 valence electrons. The van der Waals surface area contributed by atoms with Crippen molar-refractivity contribution in [1.29, 1.82) is 0 Å². The molecule has 1 aromatic carbocycles. The van der Waals surface area contributed by atoms with E-state index in [-0.39, 0.29) is 0 Å². The van der Waals surface area contributed by atoms with Crippen molar-refractivity contribution in [2.45, 2.75) is 58.8 Å². The first-order chi connectivity index (χ1) is 14.1. The zero-order chi connectivity index (χ0) is 21.1. The van der Waals surface area contributed by atoms with Gasteiger partial charge in [0.1, 0.15) is 11.6 Å². The second-order valence-corrected chi connectivity index (χ2v) is 7.40. The molecule has 0 aliphatic carbocycles. The average molecular weight is 396 g/mol. The molecule has 0 atom stereocenters. The molecule has 2 rings (SSSR count). The quantitative estimate of drug-likeness (QED) is 0.370. The van der Waals surface area contributed by atoms with Gasteiger partial charge in [-0.05, 0) is 43.7 Å². The van der Waals surface area contributed by atoms with Gasteiger partial charge in [-0.3, -0.25) is 9.59 Å². The predicted octanol–water partition coefficient (Wildman–Crippen LogP) is 5.28. The van der Waals surface area contributed by atoms with Crippen LogP contribution in [0.15, 0.2) is 30.6 Å². The summed E-state index contributed by atoms with van der Waals surface area (Å²) in [5.41, 5.74) is 3.56. The lowest BCUT2D eigenvalue weighted by Crippen LogP contribution is -2.08. The van der Waals surface area contributed by atoms with Crippen molar-refractivity contribution in [3.8, 4) is 11.3 Å². The molecule has 5 heteroatoms. The van der Waals surface area contributed by atoms with Crippen molar-refractivity contribution in [2.24, 2.45) is 0 Å². The number of Topliss-reactive ketones (excluding diaryl/α,β-unsaturated/α-hetero) is 1. The minimum absolute atomic E-state index is 0.358. The second-order valence-electron chi connectivity index (χ2n) is 7.40. The molecule has 0 radical (unpaired) electrons. The Morgan fingerprint density at radius 3 is 2.66 bits per heavy atom. The minimum atomic E-state index is 0.358. The van der Waals surface area contributed by atoms with Crippen LogP contribution in [0.2, 0.25) is 0 Å². The van der Waals surface area contributed by atoms with Gasteiger partial charge >= 0.3 is 0 Å². The number of ketones is 1. The number of hydrogen-bond acceptors (Lipinski definition) is 4. The van der Waals surface area contributed by atoms with Gasteiger partial charge in [0.15, 0.2) is 6.29 Å². The van der Waals surface area contributed by atoms with Crippen LogP contribution in [0.4, 0.5) is 0 Å². The number of aromatic nitrogens is 2. The minimum Gasteiger partial charge on any atom is -0.381 e. The number of hydrogen-bond donors (Lipinski definition) is 1. The van der Waals surface area contributed by atoms with Gasteiger partial charge in [-0.15, -0.1) is 0 Å². The van der Waals surface area contributed by atoms with E-state index in [1.807, 2.05) is 50.6 Å². The van der Waals surface area contributed by atoms with Crippen LogP contribution in [0.3, 0.4) is 0 Å². The van der Waals surface area contributed by atoms with Crippen LogP contribution in [0.5, 0.6) is 0 Å². The highest BCUT2D eigenvalue weighted by atomic mass is 16.1. The van der Waals surface area contributed by atoms with E-state index < -0.39 is 0 Å². The van der Waals surface area contributed by atoms with Gasteiger partial charge in [-0.2, -0.15) is 0 Å². The Labute approximate surface area is 174 Å². The second kappa shape index (κ2) is 12.0. The molecule has 2 aromatic rings. The summed E-state index contributed by atoms with van der Waals surface area (Å²) in [4.78, 5) is 32.6. The summed E-state index contributed by atoms with van der Waals surface area (Å²) < 4.78 is 0. The SMILES string of the molecule is CCC(=O)CCCCCCc1ncc(-c2ccc(C=O)c(/C=C\N(C)CC)c2)[nH]1. The molecule has 0 unspecified atom stereocenters. The van der Waals surface area contributed by atoms with E-state index in [1.54, 1.807) is 0 Å². The lowest BCUT2D eigenvalue weighted by molar-refractivity contribution is -0.118. The molecular formula is C24H33N3O2. The highest BCUT2D eigenvalue weighted by Gasteiger charge is 2.07. The van der Waals surface area contributed by atoms with Gasteiger partial charge in [0.05, 0.1) is 11.9 Å². The number of benzene rings is 1. The van der Waals surface area contributed by atoms with Gasteiger partial charge in [-0.1, -0.05) is 31.9 Å². The molecule has 0 bridgehead atoms. The summed E-state index contributed by atoms with van der Waals surface area (Å²) in [5.74, 6) is 1.34. The van der Waals surface area contributed by atoms with E-state index in [1.165, 1.54) is 0 Å². The highest BCUT2D eigenvalue weighted by Crippen LogP contribution is 2.22. The number of rotatable bonds is 13. The molecule has 5 nitrogen and oxygen atoms in total. The van der Waals surface area contributed by atoms with Crippen molar-refractivity contribution in [2.75, 3.05) is 13.6 Å². The maximum atomic E-state index is 11.4. The third kappa shape index (κ3) is 7.33. The molecule has 0 spiro atoms. The lowest BCUT2D eigenvalue weighted by Gasteiger charge is -2.10. The van der Waals surface area contributed by atoms with Crippen LogP contribution in [0, 0.1) is 0 Å². The topological polar surface area (TPSA) is 66.1 Å². The maximum Gasteiger partial charge on any atom is 0.150 e. The smallest absolute Gasteiger partial charge is 0.150 e. The maximum absolute atomic E-state index is 11.4. The summed E-state index contributed by atoms with van der Waals surface area (Å²) in [5, 5.41) is 0. The fourth-order valence-corrected chi connectivity index (χ4v) is 3.09. The molecule has 0 aliphatic rings. The molecule has 0 amide bonds. The predicted molar refractivity (Wildman–Crippen MR) is 119 cm³/mol. The van der Waals surface area contributed by atoms with E-state index in [4.69, 9.17) is 0 Å². The number of carbonyl (C=O) groups is 2. The fourth-order valence-electron chi connectivity index (χ4n) is 3.09. The number of nitrogens with zero attached hydrogens (tertiary/aromatic N) is 2. The van der Waals surface area contributed by atoms with E-state index in [0.29, 0.717) is 24.2 Å². The lowest BCUT2D eigenvalue weighted by atomic mass is 10.0. The Hall–Kier alpha value is -2.69. The number of unbranched alkanes of at least 4 members (excludes halogenated alkanes) is 3. The summed E-state index contributed by atoms with van der Waals surface area (Å²) in [6.45, 7) is 4.91. The van der Waals surface area contributed by atoms with Crippen LogP contribution in [0.1, 0.15) is 74.1 Å². The Balaban J connectivity index is 1.94. The van der Waals surface area contributed by atoms with Crippen LogP contribution in [-0.2, 0) is 11.2 Å². The first-order valence-corrected chi connectivity index (χ1v) is 10.6. The van der Waals surface area contributed by atoms with Crippen molar-refractivity contribution in [3.05, 3.63) is 47.5 Å². The van der Waals surface area contributed by atoms with Gasteiger partial charge in [0, 0.05) is 44.0 Å². The Bertz CT molecular complexity index is 823. The number of nitrogens with one attached hydrogen (secondary N) is 1. The monoisotopic (exact) mass is 395 g/mol. The van der Waals surface area contributed by atoms with Gasteiger partial charge in [0.2, 0.25) is 0 Å². The molecular weight excluding hydrogens is 362 g/mol. The van der Waals surface area contributed by atoms with Crippen LogP contribution in [-0.4, -0.2) is 40.5 Å². The summed E-state index contributed by atoms with van der Waals surface area (Å²) in [6.07, 6.45) is 13.2. The van der Waals surface area contributed by atoms with Crippen molar-refractivity contribution < 1.29 is 9.59 Å². The van der Waals surface area contributed by atoms with Crippen LogP contribution >= 0.6 is 0 Å². The van der Waals surface area contributed by atoms with E-state index >= 15 is 0 Å². The van der Waals surface area contributed by atoms with Crippen LogP contribution in [0.25, 0.3) is 17.3 Å². The fraction of sp³-hybridized carbons (Fsp3) is 0.458. The summed E-state index contributed by atoms with van der Waals surface area (Å²) in [6, 6.07) is 5.82. The molecule has 0 fully saturated rings. The number of aromatic amines is 1. The number of carbonyl (C=O) groups excluding carboxylic acids is 2. The van der Waals surface area contributed by atoms with Crippen molar-refractivity contribution in [3.63, 3.8) is 0 Å².